The number of amides is 1. The highest BCUT2D eigenvalue weighted by atomic mass is 35.5. The first kappa shape index (κ1) is 17.6. The Kier molecular flexibility index (Phi) is 5.59. The minimum absolute atomic E-state index is 0.130. The van der Waals surface area contributed by atoms with Crippen LogP contribution in [0.25, 0.3) is 0 Å². The number of ether oxygens (including phenoxy) is 2. The highest BCUT2D eigenvalue weighted by Crippen LogP contribution is 2.31. The van der Waals surface area contributed by atoms with E-state index in [1.165, 1.54) is 25.3 Å². The maximum absolute atomic E-state index is 12.0. The standard InChI is InChI=1S/C16H15ClN2O5/c1-10-3-5-13(12(17)7-10)18-16(20)9-24-14-6-4-11(19(21)22)8-15(14)23-2/h3-8H,9H2,1-2H3,(H,18,20). The molecule has 0 unspecified atom stereocenters. The normalized spacial score (nSPS) is 10.1. The van der Waals surface area contributed by atoms with E-state index in [-0.39, 0.29) is 23.8 Å². The zero-order valence-electron chi connectivity index (χ0n) is 13.0. The fourth-order valence-electron chi connectivity index (χ4n) is 1.94. The lowest BCUT2D eigenvalue weighted by Crippen LogP contribution is -2.20. The minimum atomic E-state index is -0.543. The molecule has 0 bridgehead atoms. The molecule has 2 rings (SSSR count). The summed E-state index contributed by atoms with van der Waals surface area (Å²) in [6.07, 6.45) is 0. The van der Waals surface area contributed by atoms with Crippen LogP contribution < -0.4 is 14.8 Å². The first-order valence-corrected chi connectivity index (χ1v) is 7.29. The molecule has 0 aliphatic rings. The molecule has 2 aromatic rings. The van der Waals surface area contributed by atoms with Gasteiger partial charge in [0.15, 0.2) is 18.1 Å². The Labute approximate surface area is 143 Å². The van der Waals surface area contributed by atoms with Gasteiger partial charge in [-0.1, -0.05) is 17.7 Å². The van der Waals surface area contributed by atoms with E-state index in [1.807, 2.05) is 13.0 Å². The van der Waals surface area contributed by atoms with Crippen molar-refractivity contribution in [3.8, 4) is 11.5 Å². The second-order valence-corrected chi connectivity index (χ2v) is 5.32. The van der Waals surface area contributed by atoms with Gasteiger partial charge in [-0.25, -0.2) is 0 Å². The molecule has 0 spiro atoms. The van der Waals surface area contributed by atoms with Gasteiger partial charge in [0.25, 0.3) is 11.6 Å². The van der Waals surface area contributed by atoms with Gasteiger partial charge < -0.3 is 14.8 Å². The maximum Gasteiger partial charge on any atom is 0.273 e. The van der Waals surface area contributed by atoms with Gasteiger partial charge in [-0.05, 0) is 30.7 Å². The Bertz CT molecular complexity index is 779. The molecule has 0 aromatic heterocycles. The Morgan fingerprint density at radius 3 is 2.62 bits per heavy atom. The number of nitrogens with one attached hydrogen (secondary N) is 1. The number of carbonyl (C=O) groups excluding carboxylic acids is 1. The summed E-state index contributed by atoms with van der Waals surface area (Å²) in [5.74, 6) is -0.0141. The van der Waals surface area contributed by atoms with E-state index >= 15 is 0 Å². The molecule has 0 saturated carbocycles. The van der Waals surface area contributed by atoms with E-state index in [1.54, 1.807) is 12.1 Å². The lowest BCUT2D eigenvalue weighted by atomic mass is 10.2. The number of non-ortho nitro benzene ring substituents is 1. The summed E-state index contributed by atoms with van der Waals surface area (Å²) in [6, 6.07) is 9.13. The van der Waals surface area contributed by atoms with E-state index in [4.69, 9.17) is 21.1 Å². The van der Waals surface area contributed by atoms with Crippen molar-refractivity contribution in [3.63, 3.8) is 0 Å². The van der Waals surface area contributed by atoms with Crippen molar-refractivity contribution in [2.75, 3.05) is 19.0 Å². The topological polar surface area (TPSA) is 90.7 Å². The van der Waals surface area contributed by atoms with Crippen molar-refractivity contribution in [1.29, 1.82) is 0 Å². The largest absolute Gasteiger partial charge is 0.493 e. The van der Waals surface area contributed by atoms with E-state index in [9.17, 15) is 14.9 Å². The number of carbonyl (C=O) groups is 1. The maximum atomic E-state index is 12.0. The van der Waals surface area contributed by atoms with Crippen LogP contribution in [0.1, 0.15) is 5.56 Å². The summed E-state index contributed by atoms with van der Waals surface area (Å²) < 4.78 is 10.4. The summed E-state index contributed by atoms with van der Waals surface area (Å²) in [7, 11) is 1.36. The van der Waals surface area contributed by atoms with E-state index in [0.717, 1.165) is 5.56 Å². The summed E-state index contributed by atoms with van der Waals surface area (Å²) >= 11 is 6.05. The van der Waals surface area contributed by atoms with Crippen molar-refractivity contribution in [1.82, 2.24) is 0 Å². The fourth-order valence-corrected chi connectivity index (χ4v) is 2.22. The smallest absolute Gasteiger partial charge is 0.273 e. The number of hydrogen-bond donors (Lipinski definition) is 1. The Morgan fingerprint density at radius 1 is 1.25 bits per heavy atom. The number of halogens is 1. The predicted octanol–water partition coefficient (Wildman–Crippen LogP) is 3.58. The summed E-state index contributed by atoms with van der Waals surface area (Å²) in [5, 5.41) is 13.8. The summed E-state index contributed by atoms with van der Waals surface area (Å²) in [5.41, 5.74) is 1.33. The van der Waals surface area contributed by atoms with Gasteiger partial charge >= 0.3 is 0 Å². The van der Waals surface area contributed by atoms with Crippen LogP contribution in [0.5, 0.6) is 11.5 Å². The molecule has 0 fully saturated rings. The number of nitro benzene ring substituents is 1. The third-order valence-corrected chi connectivity index (χ3v) is 3.43. The van der Waals surface area contributed by atoms with Crippen molar-refractivity contribution >= 4 is 28.9 Å². The van der Waals surface area contributed by atoms with E-state index in [2.05, 4.69) is 5.32 Å². The second kappa shape index (κ2) is 7.65. The molecule has 8 heteroatoms. The fraction of sp³-hybridized carbons (Fsp3) is 0.188. The number of nitro groups is 1. The number of nitrogens with zero attached hydrogens (tertiary/aromatic N) is 1. The van der Waals surface area contributed by atoms with Crippen LogP contribution in [0.15, 0.2) is 36.4 Å². The van der Waals surface area contributed by atoms with Crippen molar-refractivity contribution < 1.29 is 19.2 Å². The lowest BCUT2D eigenvalue weighted by Gasteiger charge is -2.11. The number of aryl methyl sites for hydroxylation is 1. The number of rotatable bonds is 6. The van der Waals surface area contributed by atoms with Crippen LogP contribution in [0.4, 0.5) is 11.4 Å². The number of methoxy groups -OCH3 is 1. The van der Waals surface area contributed by atoms with Crippen LogP contribution in [0, 0.1) is 17.0 Å². The number of anilines is 1. The van der Waals surface area contributed by atoms with Crippen LogP contribution in [-0.4, -0.2) is 24.5 Å². The van der Waals surface area contributed by atoms with Crippen LogP contribution in [-0.2, 0) is 4.79 Å². The molecule has 2 aromatic carbocycles. The molecule has 0 radical (unpaired) electrons. The van der Waals surface area contributed by atoms with Crippen molar-refractivity contribution in [2.24, 2.45) is 0 Å². The Hall–Kier alpha value is -2.80. The van der Waals surface area contributed by atoms with Crippen LogP contribution in [0.2, 0.25) is 5.02 Å². The third-order valence-electron chi connectivity index (χ3n) is 3.12. The van der Waals surface area contributed by atoms with Crippen molar-refractivity contribution in [2.45, 2.75) is 6.92 Å². The van der Waals surface area contributed by atoms with Crippen molar-refractivity contribution in [3.05, 3.63) is 57.1 Å². The molecule has 126 valence electrons. The zero-order valence-corrected chi connectivity index (χ0v) is 13.8. The monoisotopic (exact) mass is 350 g/mol. The molecule has 7 nitrogen and oxygen atoms in total. The molecule has 0 heterocycles. The van der Waals surface area contributed by atoms with Gasteiger partial charge in [0.2, 0.25) is 0 Å². The predicted molar refractivity (Wildman–Crippen MR) is 90.0 cm³/mol. The number of hydrogen-bond acceptors (Lipinski definition) is 5. The average Bonchev–Trinajstić information content (AvgIpc) is 2.55. The quantitative estimate of drug-likeness (QED) is 0.635. The van der Waals surface area contributed by atoms with Gasteiger partial charge in [0.1, 0.15) is 0 Å². The third kappa shape index (κ3) is 4.36. The highest BCUT2D eigenvalue weighted by molar-refractivity contribution is 6.33. The second-order valence-electron chi connectivity index (χ2n) is 4.91. The number of benzene rings is 2. The van der Waals surface area contributed by atoms with Gasteiger partial charge in [-0.3, -0.25) is 14.9 Å². The molecular formula is C16H15ClN2O5. The van der Waals surface area contributed by atoms with Gasteiger partial charge in [0, 0.05) is 6.07 Å². The minimum Gasteiger partial charge on any atom is -0.493 e. The van der Waals surface area contributed by atoms with Crippen LogP contribution >= 0.6 is 11.6 Å². The van der Waals surface area contributed by atoms with Gasteiger partial charge in [-0.15, -0.1) is 0 Å². The summed E-state index contributed by atoms with van der Waals surface area (Å²) in [4.78, 5) is 22.1. The molecule has 0 aliphatic carbocycles. The molecule has 0 atom stereocenters. The molecule has 24 heavy (non-hydrogen) atoms. The zero-order chi connectivity index (χ0) is 17.7. The first-order chi connectivity index (χ1) is 11.4. The Morgan fingerprint density at radius 2 is 2.00 bits per heavy atom. The highest BCUT2D eigenvalue weighted by Gasteiger charge is 2.14. The molecule has 0 saturated heterocycles. The SMILES string of the molecule is COc1cc([N+](=O)[O-])ccc1OCC(=O)Nc1ccc(C)cc1Cl. The molecule has 0 aliphatic heterocycles. The van der Waals surface area contributed by atoms with Gasteiger partial charge in [-0.2, -0.15) is 0 Å². The summed E-state index contributed by atoms with van der Waals surface area (Å²) in [6.45, 7) is 1.60. The molecule has 1 amide bonds. The molecular weight excluding hydrogens is 336 g/mol. The van der Waals surface area contributed by atoms with E-state index < -0.39 is 10.8 Å². The molecule has 1 N–H and O–H groups in total. The Balaban J connectivity index is 2.02. The van der Waals surface area contributed by atoms with E-state index in [0.29, 0.717) is 10.7 Å². The van der Waals surface area contributed by atoms with Gasteiger partial charge in [0.05, 0.1) is 28.8 Å². The lowest BCUT2D eigenvalue weighted by molar-refractivity contribution is -0.384. The first-order valence-electron chi connectivity index (χ1n) is 6.92. The average molecular weight is 351 g/mol. The van der Waals surface area contributed by atoms with Crippen LogP contribution in [0.3, 0.4) is 0 Å².